The van der Waals surface area contributed by atoms with Crippen molar-refractivity contribution in [3.63, 3.8) is 0 Å². The van der Waals surface area contributed by atoms with Gasteiger partial charge in [0.15, 0.2) is 0 Å². The lowest BCUT2D eigenvalue weighted by Gasteiger charge is -2.01. The van der Waals surface area contributed by atoms with E-state index in [0.717, 1.165) is 11.1 Å². The number of aliphatic hydroxyl groups excluding tert-OH is 1. The smallest absolute Gasteiger partial charge is 0.0994 e. The fourth-order valence-corrected chi connectivity index (χ4v) is 1.43. The molecule has 1 rings (SSSR count). The van der Waals surface area contributed by atoms with Crippen LogP contribution in [0.25, 0.3) is 0 Å². The first-order chi connectivity index (χ1) is 5.81. The molecule has 0 heterocycles. The Hall–Kier alpha value is -0.850. The van der Waals surface area contributed by atoms with Gasteiger partial charge in [-0.1, -0.05) is 28.1 Å². The number of benzene rings is 1. The fourth-order valence-electron chi connectivity index (χ4n) is 0.965. The van der Waals surface area contributed by atoms with Crippen LogP contribution in [0.2, 0.25) is 0 Å². The maximum Gasteiger partial charge on any atom is 0.0994 e. The van der Waals surface area contributed by atoms with Crippen molar-refractivity contribution in [1.82, 2.24) is 0 Å². The molecule has 0 spiro atoms. The Morgan fingerprint density at radius 1 is 1.50 bits per heavy atom. The molecular formula is C9H8BrNO. The first-order valence-corrected chi connectivity index (χ1v) is 4.62. The minimum Gasteiger partial charge on any atom is -0.392 e. The number of rotatable bonds is 2. The van der Waals surface area contributed by atoms with Crippen molar-refractivity contribution in [2.24, 2.45) is 0 Å². The number of aliphatic hydroxyl groups is 1. The molecule has 1 N–H and O–H groups in total. The fraction of sp³-hybridized carbons (Fsp3) is 0.222. The predicted octanol–water partition coefficient (Wildman–Crippen LogP) is 1.95. The molecule has 0 saturated carbocycles. The molecule has 1 aromatic rings. The molecule has 3 heteroatoms. The van der Waals surface area contributed by atoms with Crippen LogP contribution in [0.4, 0.5) is 0 Å². The molecule has 0 fully saturated rings. The average Bonchev–Trinajstić information content (AvgIpc) is 2.16. The lowest BCUT2D eigenvalue weighted by Crippen LogP contribution is -1.89. The molecule has 0 radical (unpaired) electrons. The van der Waals surface area contributed by atoms with Crippen LogP contribution in [-0.2, 0) is 11.9 Å². The first-order valence-electron chi connectivity index (χ1n) is 3.50. The highest BCUT2D eigenvalue weighted by atomic mass is 79.9. The summed E-state index contributed by atoms with van der Waals surface area (Å²) in [5, 5.41) is 18.1. The van der Waals surface area contributed by atoms with E-state index in [-0.39, 0.29) is 6.61 Å². The zero-order valence-electron chi connectivity index (χ0n) is 6.42. The van der Waals surface area contributed by atoms with E-state index < -0.39 is 0 Å². The molecule has 0 saturated heterocycles. The SMILES string of the molecule is N#Cc1ccc(CO)cc1CBr. The second kappa shape index (κ2) is 4.24. The van der Waals surface area contributed by atoms with Gasteiger partial charge in [-0.05, 0) is 17.2 Å². The third-order valence-electron chi connectivity index (χ3n) is 1.62. The van der Waals surface area contributed by atoms with E-state index in [4.69, 9.17) is 10.4 Å². The summed E-state index contributed by atoms with van der Waals surface area (Å²) in [7, 11) is 0. The molecule has 62 valence electrons. The van der Waals surface area contributed by atoms with Crippen LogP contribution in [0.1, 0.15) is 16.7 Å². The molecule has 0 aliphatic heterocycles. The van der Waals surface area contributed by atoms with Crippen LogP contribution in [0, 0.1) is 11.3 Å². The van der Waals surface area contributed by atoms with Gasteiger partial charge in [0.1, 0.15) is 0 Å². The molecule has 0 unspecified atom stereocenters. The van der Waals surface area contributed by atoms with Crippen molar-refractivity contribution in [2.45, 2.75) is 11.9 Å². The summed E-state index contributed by atoms with van der Waals surface area (Å²) in [5.74, 6) is 0. The van der Waals surface area contributed by atoms with E-state index in [1.807, 2.05) is 6.07 Å². The van der Waals surface area contributed by atoms with Crippen LogP contribution < -0.4 is 0 Å². The van der Waals surface area contributed by atoms with Gasteiger partial charge < -0.3 is 5.11 Å². The summed E-state index contributed by atoms with van der Waals surface area (Å²) >= 11 is 3.28. The summed E-state index contributed by atoms with van der Waals surface area (Å²) in [4.78, 5) is 0. The monoisotopic (exact) mass is 225 g/mol. The number of hydrogen-bond acceptors (Lipinski definition) is 2. The van der Waals surface area contributed by atoms with Gasteiger partial charge in [-0.3, -0.25) is 0 Å². The van der Waals surface area contributed by atoms with Gasteiger partial charge >= 0.3 is 0 Å². The van der Waals surface area contributed by atoms with Gasteiger partial charge in [-0.25, -0.2) is 0 Å². The Kier molecular flexibility index (Phi) is 3.27. The number of halogens is 1. The van der Waals surface area contributed by atoms with Crippen LogP contribution in [-0.4, -0.2) is 5.11 Å². The van der Waals surface area contributed by atoms with E-state index in [9.17, 15) is 0 Å². The lowest BCUT2D eigenvalue weighted by atomic mass is 10.1. The Balaban J connectivity index is 3.13. The van der Waals surface area contributed by atoms with Gasteiger partial charge in [0.25, 0.3) is 0 Å². The zero-order chi connectivity index (χ0) is 8.97. The van der Waals surface area contributed by atoms with Gasteiger partial charge in [0.05, 0.1) is 18.2 Å². The molecular weight excluding hydrogens is 218 g/mol. The molecule has 0 aliphatic carbocycles. The van der Waals surface area contributed by atoms with E-state index in [2.05, 4.69) is 22.0 Å². The highest BCUT2D eigenvalue weighted by Crippen LogP contribution is 2.14. The van der Waals surface area contributed by atoms with Gasteiger partial charge in [0, 0.05) is 5.33 Å². The Morgan fingerprint density at radius 3 is 2.75 bits per heavy atom. The van der Waals surface area contributed by atoms with Crippen molar-refractivity contribution in [3.8, 4) is 6.07 Å². The normalized spacial score (nSPS) is 9.42. The van der Waals surface area contributed by atoms with Crippen LogP contribution in [0.15, 0.2) is 18.2 Å². The molecule has 0 aliphatic rings. The van der Waals surface area contributed by atoms with Gasteiger partial charge in [0.2, 0.25) is 0 Å². The maximum absolute atomic E-state index is 8.82. The van der Waals surface area contributed by atoms with Crippen molar-refractivity contribution in [1.29, 1.82) is 5.26 Å². The van der Waals surface area contributed by atoms with Crippen LogP contribution in [0.3, 0.4) is 0 Å². The Bertz CT molecular complexity index is 317. The highest BCUT2D eigenvalue weighted by Gasteiger charge is 2.00. The highest BCUT2D eigenvalue weighted by molar-refractivity contribution is 9.08. The second-order valence-electron chi connectivity index (χ2n) is 2.40. The molecule has 0 amide bonds. The second-order valence-corrected chi connectivity index (χ2v) is 2.96. The summed E-state index contributed by atoms with van der Waals surface area (Å²) in [6.07, 6.45) is 0. The zero-order valence-corrected chi connectivity index (χ0v) is 8.00. The summed E-state index contributed by atoms with van der Waals surface area (Å²) in [5.41, 5.74) is 2.41. The minimum atomic E-state index is 0.0196. The van der Waals surface area contributed by atoms with E-state index in [1.165, 1.54) is 0 Å². The standard InChI is InChI=1S/C9H8BrNO/c10-4-9-3-7(6-12)1-2-8(9)5-11/h1-3,12H,4,6H2. The maximum atomic E-state index is 8.82. The molecule has 12 heavy (non-hydrogen) atoms. The molecule has 0 atom stereocenters. The number of nitrogens with zero attached hydrogens (tertiary/aromatic N) is 1. The van der Waals surface area contributed by atoms with Crippen molar-refractivity contribution < 1.29 is 5.11 Å². The summed E-state index contributed by atoms with van der Waals surface area (Å²) in [6.45, 7) is 0.0196. The Morgan fingerprint density at radius 2 is 2.25 bits per heavy atom. The topological polar surface area (TPSA) is 44.0 Å². The number of alkyl halides is 1. The number of hydrogen-bond donors (Lipinski definition) is 1. The Labute approximate surface area is 79.6 Å². The minimum absolute atomic E-state index is 0.0196. The summed E-state index contributed by atoms with van der Waals surface area (Å²) in [6, 6.07) is 7.39. The summed E-state index contributed by atoms with van der Waals surface area (Å²) < 4.78 is 0. The number of nitriles is 1. The van der Waals surface area contributed by atoms with Crippen molar-refractivity contribution in [2.75, 3.05) is 0 Å². The molecule has 0 bridgehead atoms. The van der Waals surface area contributed by atoms with E-state index in [0.29, 0.717) is 10.9 Å². The van der Waals surface area contributed by atoms with Crippen molar-refractivity contribution >= 4 is 15.9 Å². The largest absolute Gasteiger partial charge is 0.392 e. The quantitative estimate of drug-likeness (QED) is 0.783. The first kappa shape index (κ1) is 9.24. The van der Waals surface area contributed by atoms with E-state index >= 15 is 0 Å². The third kappa shape index (κ3) is 1.84. The van der Waals surface area contributed by atoms with Gasteiger partial charge in [-0.2, -0.15) is 5.26 Å². The molecule has 1 aromatic carbocycles. The van der Waals surface area contributed by atoms with Crippen molar-refractivity contribution in [3.05, 3.63) is 34.9 Å². The molecule has 0 aromatic heterocycles. The molecule has 2 nitrogen and oxygen atoms in total. The van der Waals surface area contributed by atoms with Crippen LogP contribution >= 0.6 is 15.9 Å². The third-order valence-corrected chi connectivity index (χ3v) is 2.22. The lowest BCUT2D eigenvalue weighted by molar-refractivity contribution is 0.282. The van der Waals surface area contributed by atoms with E-state index in [1.54, 1.807) is 12.1 Å². The van der Waals surface area contributed by atoms with Gasteiger partial charge in [-0.15, -0.1) is 0 Å². The predicted molar refractivity (Wildman–Crippen MR) is 49.7 cm³/mol. The average molecular weight is 226 g/mol. The van der Waals surface area contributed by atoms with Crippen LogP contribution in [0.5, 0.6) is 0 Å².